The molecule has 0 radical (unpaired) electrons. The van der Waals surface area contributed by atoms with Crippen LogP contribution >= 0.6 is 33.2 Å². The molecule has 0 saturated heterocycles. The lowest BCUT2D eigenvalue weighted by atomic mass is 10.3. The molecule has 0 unspecified atom stereocenters. The van der Waals surface area contributed by atoms with E-state index in [1.54, 1.807) is 6.04 Å². The van der Waals surface area contributed by atoms with E-state index in [0.29, 0.717) is 9.04 Å². The Kier molecular flexibility index (Phi) is 11.5. The molecule has 0 aliphatic heterocycles. The second kappa shape index (κ2) is 8.34. The van der Waals surface area contributed by atoms with Gasteiger partial charge in [0.15, 0.2) is 0 Å². The lowest BCUT2D eigenvalue weighted by Crippen LogP contribution is -2.06. The maximum atomic E-state index is 5.26. The second-order valence-electron chi connectivity index (χ2n) is 2.96. The Labute approximate surface area is 92.7 Å². The average molecular weight is 284 g/mol. The van der Waals surface area contributed by atoms with E-state index in [9.17, 15) is 0 Å². The van der Waals surface area contributed by atoms with E-state index in [0.717, 1.165) is 15.7 Å². The third-order valence-corrected chi connectivity index (χ3v) is 4.33. The third-order valence-electron chi connectivity index (χ3n) is 0.866. The number of halogens is 3. The molecular weight excluding hydrogens is 267 g/mol. The zero-order valence-corrected chi connectivity index (χ0v) is 16.3. The zero-order chi connectivity index (χ0) is 9.49. The molecule has 0 rings (SSSR count). The molecule has 0 fully saturated rings. The second-order valence-corrected chi connectivity index (χ2v) is 27.9. The van der Waals surface area contributed by atoms with Crippen LogP contribution in [0.4, 0.5) is 0 Å². The van der Waals surface area contributed by atoms with Gasteiger partial charge in [0.2, 0.25) is 0 Å². The Morgan fingerprint density at radius 2 is 1.64 bits per heavy atom. The molecule has 0 atom stereocenters. The van der Waals surface area contributed by atoms with Crippen molar-refractivity contribution in [1.82, 2.24) is 0 Å². The van der Waals surface area contributed by atoms with Crippen LogP contribution in [0.2, 0.25) is 6.04 Å². The summed E-state index contributed by atoms with van der Waals surface area (Å²) in [6.07, 6.45) is 0. The van der Waals surface area contributed by atoms with E-state index >= 15 is 0 Å². The van der Waals surface area contributed by atoms with Crippen molar-refractivity contribution in [1.29, 1.82) is 0 Å². The first-order valence-corrected chi connectivity index (χ1v) is 19.0. The predicted molar refractivity (Wildman–Crippen MR) is 71.4 cm³/mol. The van der Waals surface area contributed by atoms with Gasteiger partial charge >= 0.3 is 5.52 Å². The van der Waals surface area contributed by atoms with Gasteiger partial charge in [-0.15, -0.1) is 33.2 Å². The molecule has 0 aliphatic carbocycles. The van der Waals surface area contributed by atoms with Crippen LogP contribution in [-0.2, 0) is 0 Å². The van der Waals surface area contributed by atoms with E-state index in [1.165, 1.54) is 9.76 Å². The van der Waals surface area contributed by atoms with Gasteiger partial charge in [0.25, 0.3) is 0 Å². The summed E-state index contributed by atoms with van der Waals surface area (Å²) >= 11 is 15.8. The smallest absolute Gasteiger partial charge is 0.131 e. The summed E-state index contributed by atoms with van der Waals surface area (Å²) in [5.41, 5.74) is -2.06. The molecule has 0 aromatic heterocycles. The van der Waals surface area contributed by atoms with E-state index in [1.807, 2.05) is 0 Å². The summed E-state index contributed by atoms with van der Waals surface area (Å²) in [5.74, 6) is 0.995. The maximum absolute atomic E-state index is 5.26. The van der Waals surface area contributed by atoms with Crippen molar-refractivity contribution in [2.24, 2.45) is 5.92 Å². The zero-order valence-electron chi connectivity index (χ0n) is 7.63. The quantitative estimate of drug-likeness (QED) is 0.495. The van der Waals surface area contributed by atoms with Gasteiger partial charge in [-0.1, -0.05) is 25.8 Å². The first-order valence-electron chi connectivity index (χ1n) is 3.84. The molecule has 0 heterocycles. The van der Waals surface area contributed by atoms with Crippen LogP contribution in [0.15, 0.2) is 0 Å². The molecule has 0 aliphatic rings. The van der Waals surface area contributed by atoms with Gasteiger partial charge in [-0.2, -0.15) is 0 Å². The first kappa shape index (κ1) is 15.2. The number of hydrogen-bond acceptors (Lipinski definition) is 0. The Morgan fingerprint density at radius 1 is 1.36 bits per heavy atom. The molecule has 0 nitrogen and oxygen atoms in total. The van der Waals surface area contributed by atoms with Gasteiger partial charge in [-0.3, -0.25) is 0 Å². The third kappa shape index (κ3) is 49.6. The highest BCUT2D eigenvalue weighted by molar-refractivity contribution is 7.79. The fourth-order valence-electron chi connectivity index (χ4n) is 0.577. The minimum Gasteiger partial charge on any atom is -0.131 e. The van der Waals surface area contributed by atoms with Gasteiger partial charge in [-0.05, 0) is 9.76 Å². The molecular formula is C4H17Cl3Si4. The highest BCUT2D eigenvalue weighted by Gasteiger charge is 2.13. The molecule has 0 amide bonds. The molecule has 11 heavy (non-hydrogen) atoms. The maximum Gasteiger partial charge on any atom is 0.313 e. The average Bonchev–Trinajstić information content (AvgIpc) is 1.58. The van der Waals surface area contributed by atoms with Crippen LogP contribution in [0.5, 0.6) is 0 Å². The van der Waals surface area contributed by atoms with Gasteiger partial charge < -0.3 is 0 Å². The predicted octanol–water partition coefficient (Wildman–Crippen LogP) is 0.0137. The Morgan fingerprint density at radius 3 is 1.64 bits per heavy atom. The van der Waals surface area contributed by atoms with Crippen molar-refractivity contribution in [3.63, 3.8) is 0 Å². The Balaban J connectivity index is 0. The van der Waals surface area contributed by atoms with Gasteiger partial charge in [0.1, 0.15) is 0 Å². The molecule has 0 N–H and O–H groups in total. The van der Waals surface area contributed by atoms with Crippen LogP contribution in [0.3, 0.4) is 0 Å². The van der Waals surface area contributed by atoms with Crippen LogP contribution in [0.1, 0.15) is 13.8 Å². The highest BCUT2D eigenvalue weighted by Crippen LogP contribution is 2.12. The minimum absolute atomic E-state index is 0.505. The van der Waals surface area contributed by atoms with Crippen molar-refractivity contribution in [3.05, 3.63) is 0 Å². The SMILES string of the molecule is CC(C)C[SiH2][SiH3].[SiH3][Si](Cl)(Cl)Cl. The summed E-state index contributed by atoms with van der Waals surface area (Å²) in [7, 11) is 2.77. The molecule has 0 saturated carbocycles. The standard InChI is InChI=1S/C4H14Si2.Cl3H3Si2/c1-4(2)3-6-5;1-5(2,3)4/h4H,3,6H2,1-2,5H3;4H3. The topological polar surface area (TPSA) is 0 Å². The van der Waals surface area contributed by atoms with Crippen molar-refractivity contribution in [3.8, 4) is 0 Å². The molecule has 0 bridgehead atoms. The van der Waals surface area contributed by atoms with E-state index in [-0.39, 0.29) is 0 Å². The van der Waals surface area contributed by atoms with Crippen molar-refractivity contribution < 1.29 is 0 Å². The highest BCUT2D eigenvalue weighted by atomic mass is 35.8. The molecule has 7 heteroatoms. The normalized spacial score (nSPS) is 12.5. The van der Waals surface area contributed by atoms with E-state index in [2.05, 4.69) is 13.8 Å². The fraction of sp³-hybridized carbons (Fsp3) is 1.00. The van der Waals surface area contributed by atoms with Gasteiger partial charge in [0.05, 0.1) is 9.76 Å². The molecule has 0 aromatic carbocycles. The molecule has 70 valence electrons. The minimum atomic E-state index is -2.06. The first-order chi connectivity index (χ1) is 4.77. The lowest BCUT2D eigenvalue weighted by Gasteiger charge is -1.95. The van der Waals surface area contributed by atoms with Crippen molar-refractivity contribution >= 4 is 67.3 Å². The summed E-state index contributed by atoms with van der Waals surface area (Å²) in [6.45, 7) is 4.62. The van der Waals surface area contributed by atoms with Crippen LogP contribution in [0.25, 0.3) is 0 Å². The molecule has 0 spiro atoms. The van der Waals surface area contributed by atoms with Crippen molar-refractivity contribution in [2.75, 3.05) is 0 Å². The van der Waals surface area contributed by atoms with Crippen LogP contribution in [0, 0.1) is 5.92 Å². The van der Waals surface area contributed by atoms with E-state index < -0.39 is 5.52 Å². The van der Waals surface area contributed by atoms with E-state index in [4.69, 9.17) is 33.2 Å². The summed E-state index contributed by atoms with van der Waals surface area (Å²) in [4.78, 5) is 0. The van der Waals surface area contributed by atoms with Gasteiger partial charge in [-0.25, -0.2) is 0 Å². The van der Waals surface area contributed by atoms with Crippen LogP contribution < -0.4 is 0 Å². The number of rotatable bonds is 2. The summed E-state index contributed by atoms with van der Waals surface area (Å²) < 4.78 is 0. The van der Waals surface area contributed by atoms with Gasteiger partial charge in [0, 0.05) is 9.04 Å². The fourth-order valence-corrected chi connectivity index (χ4v) is 5.20. The Bertz CT molecular complexity index is 75.9. The van der Waals surface area contributed by atoms with Crippen LogP contribution in [-0.4, -0.2) is 34.1 Å². The largest absolute Gasteiger partial charge is 0.313 e. The Hall–Kier alpha value is 1.74. The monoisotopic (exact) mass is 282 g/mol. The van der Waals surface area contributed by atoms with Crippen molar-refractivity contribution in [2.45, 2.75) is 19.9 Å². The summed E-state index contributed by atoms with van der Waals surface area (Å²) in [5, 5.41) is 0. The molecule has 0 aromatic rings. The number of hydrogen-bond donors (Lipinski definition) is 0. The summed E-state index contributed by atoms with van der Waals surface area (Å²) in [6, 6.07) is 1.58. The lowest BCUT2D eigenvalue weighted by molar-refractivity contribution is 0.734.